The van der Waals surface area contributed by atoms with Crippen LogP contribution in [0.5, 0.6) is 0 Å². The summed E-state index contributed by atoms with van der Waals surface area (Å²) in [6.07, 6.45) is 5.44. The summed E-state index contributed by atoms with van der Waals surface area (Å²) in [6.45, 7) is 6.07. The van der Waals surface area contributed by atoms with Gasteiger partial charge in [0.1, 0.15) is 5.60 Å². The van der Waals surface area contributed by atoms with E-state index in [2.05, 4.69) is 10.3 Å². The number of fused-ring (bicyclic) bond motifs is 1. The number of alkyl halides is 3. The number of anilines is 1. The van der Waals surface area contributed by atoms with Crippen molar-refractivity contribution >= 4 is 85.5 Å². The zero-order chi connectivity index (χ0) is 39.7. The molecule has 1 saturated carbocycles. The lowest BCUT2D eigenvalue weighted by Crippen LogP contribution is -2.52. The lowest BCUT2D eigenvalue weighted by molar-refractivity contribution is 0.00184. The van der Waals surface area contributed by atoms with Gasteiger partial charge in [-0.2, -0.15) is 0 Å². The van der Waals surface area contributed by atoms with Gasteiger partial charge in [0.05, 0.1) is 27.3 Å². The lowest BCUT2D eigenvalue weighted by atomic mass is 9.86. The summed E-state index contributed by atoms with van der Waals surface area (Å²) in [4.78, 5) is 38.4. The summed E-state index contributed by atoms with van der Waals surface area (Å²) < 4.78 is 33.0. The van der Waals surface area contributed by atoms with Crippen molar-refractivity contribution in [2.75, 3.05) is 18.4 Å². The number of para-hydroxylation sites is 1. The number of piperidine rings is 1. The molecule has 1 aliphatic carbocycles. The molecule has 2 N–H and O–H groups in total. The molecule has 6 rings (SSSR count). The number of carboxylic acid groups (broad SMARTS) is 1. The van der Waals surface area contributed by atoms with Gasteiger partial charge >= 0.3 is 12.2 Å². The van der Waals surface area contributed by atoms with E-state index in [0.29, 0.717) is 53.9 Å². The SMILES string of the molecule is CC(C)(C)OC(=O)N(CC1CCN(C(=O)O)C(CC(Cl)(Cl)Cl)C1)[C@H]1CCC[C@@H](Nc2ncc(Cl)c(-c3cn(S(=O)(=O)c4ccccc4)c4ccccc34)n2)C1. The Bertz CT molecular complexity index is 2120. The normalized spacial score (nSPS) is 21.0. The van der Waals surface area contributed by atoms with Crippen LogP contribution in [-0.4, -0.2) is 90.1 Å². The second-order valence-electron chi connectivity index (χ2n) is 15.2. The first-order valence-corrected chi connectivity index (χ1v) is 21.1. The standard InChI is InChI=1S/C38H44Cl4N6O6S/c1-37(2,3)54-36(51)47(22-24-16-17-46(35(49)50)27(18-24)20-38(40,41)42)26-11-9-10-25(19-26)44-34-43-21-31(39)33(45-34)30-23-48(32-15-8-7-14-29(30)32)55(52,53)28-12-5-4-6-13-28/h4-8,12-15,21,23-27H,9-11,16-20,22H2,1-3H3,(H,49,50)(H,43,44,45)/t24?,25-,26+,27?/m1/s1. The Morgan fingerprint density at radius 1 is 1.02 bits per heavy atom. The van der Waals surface area contributed by atoms with Crippen LogP contribution < -0.4 is 5.32 Å². The van der Waals surface area contributed by atoms with Crippen molar-refractivity contribution in [2.24, 2.45) is 5.92 Å². The van der Waals surface area contributed by atoms with E-state index >= 15 is 0 Å². The first-order chi connectivity index (χ1) is 25.9. The maximum Gasteiger partial charge on any atom is 0.410 e. The summed E-state index contributed by atoms with van der Waals surface area (Å²) in [5.74, 6) is 0.260. The maximum atomic E-state index is 13.8. The van der Waals surface area contributed by atoms with E-state index in [-0.39, 0.29) is 40.9 Å². The summed E-state index contributed by atoms with van der Waals surface area (Å²) in [5.41, 5.74) is 0.654. The second-order valence-corrected chi connectivity index (χ2v) is 19.9. The molecule has 2 fully saturated rings. The van der Waals surface area contributed by atoms with Crippen LogP contribution in [-0.2, 0) is 14.8 Å². The van der Waals surface area contributed by atoms with Crippen molar-refractivity contribution in [3.8, 4) is 11.3 Å². The van der Waals surface area contributed by atoms with Gasteiger partial charge in [0.25, 0.3) is 10.0 Å². The highest BCUT2D eigenvalue weighted by Gasteiger charge is 2.40. The molecule has 2 aromatic carbocycles. The number of likely N-dealkylation sites (tertiary alicyclic amines) is 1. The lowest BCUT2D eigenvalue weighted by Gasteiger charge is -2.43. The fourth-order valence-corrected chi connectivity index (χ4v) is 9.73. The number of nitrogens with one attached hydrogen (secondary N) is 1. The minimum Gasteiger partial charge on any atom is -0.465 e. The third-order valence-corrected chi connectivity index (χ3v) is 12.4. The summed E-state index contributed by atoms with van der Waals surface area (Å²) in [6, 6.07) is 14.6. The number of hydrogen-bond acceptors (Lipinski definition) is 8. The van der Waals surface area contributed by atoms with Crippen molar-refractivity contribution in [1.82, 2.24) is 23.7 Å². The summed E-state index contributed by atoms with van der Waals surface area (Å²) in [5, 5.41) is 14.2. The molecule has 12 nitrogen and oxygen atoms in total. The van der Waals surface area contributed by atoms with Crippen LogP contribution >= 0.6 is 46.4 Å². The molecule has 2 amide bonds. The molecule has 1 saturated heterocycles. The molecule has 0 bridgehead atoms. The van der Waals surface area contributed by atoms with Crippen molar-refractivity contribution in [2.45, 2.75) is 98.1 Å². The number of nitrogens with zero attached hydrogens (tertiary/aromatic N) is 5. The van der Waals surface area contributed by atoms with Crippen molar-refractivity contribution in [3.05, 3.63) is 72.0 Å². The molecular formula is C38H44Cl4N6O6S. The average molecular weight is 855 g/mol. The van der Waals surface area contributed by atoms with E-state index in [1.54, 1.807) is 53.6 Å². The number of benzene rings is 2. The van der Waals surface area contributed by atoms with Crippen molar-refractivity contribution in [1.29, 1.82) is 0 Å². The van der Waals surface area contributed by atoms with Crippen LogP contribution in [0.1, 0.15) is 65.7 Å². The predicted octanol–water partition coefficient (Wildman–Crippen LogP) is 9.47. The molecule has 2 aliphatic rings. The van der Waals surface area contributed by atoms with Gasteiger partial charge in [-0.05, 0) is 83.4 Å². The van der Waals surface area contributed by atoms with Gasteiger partial charge in [0.15, 0.2) is 3.79 Å². The predicted molar refractivity (Wildman–Crippen MR) is 216 cm³/mol. The number of aromatic nitrogens is 3. The van der Waals surface area contributed by atoms with Gasteiger partial charge in [-0.1, -0.05) is 82.8 Å². The van der Waals surface area contributed by atoms with E-state index < -0.39 is 37.6 Å². The fraction of sp³-hybridized carbons (Fsp3) is 0.474. The van der Waals surface area contributed by atoms with E-state index in [0.717, 1.165) is 19.3 Å². The van der Waals surface area contributed by atoms with Crippen LogP contribution in [0.2, 0.25) is 5.02 Å². The molecule has 2 aromatic heterocycles. The van der Waals surface area contributed by atoms with Gasteiger partial charge < -0.3 is 25.0 Å². The Labute approximate surface area is 341 Å². The Balaban J connectivity index is 1.24. The minimum absolute atomic E-state index is 0.0365. The van der Waals surface area contributed by atoms with Crippen molar-refractivity contribution < 1.29 is 27.9 Å². The van der Waals surface area contributed by atoms with E-state index in [4.69, 9.17) is 56.1 Å². The number of carbonyl (C=O) groups is 2. The first kappa shape index (κ1) is 41.2. The van der Waals surface area contributed by atoms with Gasteiger partial charge in [-0.25, -0.2) is 31.9 Å². The van der Waals surface area contributed by atoms with Gasteiger partial charge in [0, 0.05) is 54.8 Å². The third kappa shape index (κ3) is 9.91. The average Bonchev–Trinajstić information content (AvgIpc) is 3.51. The Morgan fingerprint density at radius 2 is 1.73 bits per heavy atom. The maximum absolute atomic E-state index is 13.8. The number of amides is 2. The van der Waals surface area contributed by atoms with Crippen LogP contribution in [0.3, 0.4) is 0 Å². The highest BCUT2D eigenvalue weighted by atomic mass is 35.6. The zero-order valence-corrected chi connectivity index (χ0v) is 34.5. The minimum atomic E-state index is -3.93. The van der Waals surface area contributed by atoms with E-state index in [1.807, 2.05) is 32.9 Å². The molecule has 17 heteroatoms. The Kier molecular flexibility index (Phi) is 12.4. The molecule has 2 unspecified atom stereocenters. The molecule has 0 radical (unpaired) electrons. The number of hydrogen-bond donors (Lipinski definition) is 2. The smallest absolute Gasteiger partial charge is 0.410 e. The van der Waals surface area contributed by atoms with E-state index in [9.17, 15) is 23.1 Å². The molecule has 4 atom stereocenters. The van der Waals surface area contributed by atoms with Gasteiger partial charge in [-0.3, -0.25) is 0 Å². The Hall–Kier alpha value is -3.49. The van der Waals surface area contributed by atoms with Gasteiger partial charge in [0.2, 0.25) is 5.95 Å². The highest BCUT2D eigenvalue weighted by Crippen LogP contribution is 2.39. The molecule has 4 aromatic rings. The van der Waals surface area contributed by atoms with Crippen LogP contribution in [0.25, 0.3) is 22.2 Å². The van der Waals surface area contributed by atoms with Crippen LogP contribution in [0, 0.1) is 5.92 Å². The number of halogens is 4. The first-order valence-electron chi connectivity index (χ1n) is 18.2. The highest BCUT2D eigenvalue weighted by molar-refractivity contribution is 7.90. The van der Waals surface area contributed by atoms with E-state index in [1.165, 1.54) is 15.1 Å². The molecule has 55 heavy (non-hydrogen) atoms. The largest absolute Gasteiger partial charge is 0.465 e. The van der Waals surface area contributed by atoms with Crippen LogP contribution in [0.15, 0.2) is 71.9 Å². The summed E-state index contributed by atoms with van der Waals surface area (Å²) in [7, 11) is -3.93. The number of ether oxygens (including phenoxy) is 1. The van der Waals surface area contributed by atoms with Gasteiger partial charge in [-0.15, -0.1) is 0 Å². The molecule has 0 spiro atoms. The Morgan fingerprint density at radius 3 is 2.42 bits per heavy atom. The molecule has 3 heterocycles. The molecular weight excluding hydrogens is 810 g/mol. The topological polar surface area (TPSA) is 147 Å². The third-order valence-electron chi connectivity index (χ3n) is 10.0. The fourth-order valence-electron chi connectivity index (χ4n) is 7.61. The number of rotatable bonds is 9. The number of carbonyl (C=O) groups excluding carboxylic acids is 1. The molecule has 1 aliphatic heterocycles. The zero-order valence-electron chi connectivity index (χ0n) is 30.7. The monoisotopic (exact) mass is 852 g/mol. The van der Waals surface area contributed by atoms with Crippen molar-refractivity contribution in [3.63, 3.8) is 0 Å². The second kappa shape index (κ2) is 16.5. The van der Waals surface area contributed by atoms with Crippen LogP contribution in [0.4, 0.5) is 15.5 Å². The summed E-state index contributed by atoms with van der Waals surface area (Å²) >= 11 is 25.1. The molecule has 296 valence electrons. The quantitative estimate of drug-likeness (QED) is 0.157.